The molecule has 3 aromatic carbocycles. The molecule has 0 saturated heterocycles. The Bertz CT molecular complexity index is 950. The van der Waals surface area contributed by atoms with Gasteiger partial charge in [0.15, 0.2) is 0 Å². The van der Waals surface area contributed by atoms with Crippen LogP contribution in [0.5, 0.6) is 5.75 Å². The zero-order valence-electron chi connectivity index (χ0n) is 17.1. The van der Waals surface area contributed by atoms with Gasteiger partial charge in [0.25, 0.3) is 5.91 Å². The number of aromatic hydroxyl groups is 1. The first-order chi connectivity index (χ1) is 14.7. The fourth-order valence-corrected chi connectivity index (χ4v) is 3.16. The Hall–Kier alpha value is -3.37. The highest BCUT2D eigenvalue weighted by atomic mass is 16.3. The molecule has 4 nitrogen and oxygen atoms in total. The standard InChI is InChI=1S/C26H28N2O2/c29-24-15-13-22(14-16-24)17-19-27-20-23-11-4-5-12-25(23)26(30)28-18-7-6-10-21-8-2-1-3-9-21/h1-6,8-16,27,29H,7,17-20H2,(H,28,30)/b10-6+. The summed E-state index contributed by atoms with van der Waals surface area (Å²) in [6.07, 6.45) is 5.79. The lowest BCUT2D eigenvalue weighted by atomic mass is 10.1. The van der Waals surface area contributed by atoms with Crippen LogP contribution in [0.3, 0.4) is 0 Å². The predicted octanol–water partition coefficient (Wildman–Crippen LogP) is 4.56. The topological polar surface area (TPSA) is 61.4 Å². The number of phenols is 1. The van der Waals surface area contributed by atoms with Gasteiger partial charge in [0, 0.05) is 18.7 Å². The lowest BCUT2D eigenvalue weighted by Crippen LogP contribution is -2.26. The highest BCUT2D eigenvalue weighted by Crippen LogP contribution is 2.11. The molecule has 0 spiro atoms. The summed E-state index contributed by atoms with van der Waals surface area (Å²) in [7, 11) is 0. The van der Waals surface area contributed by atoms with Gasteiger partial charge in [-0.25, -0.2) is 0 Å². The molecule has 0 saturated carbocycles. The Morgan fingerprint density at radius 2 is 1.60 bits per heavy atom. The van der Waals surface area contributed by atoms with Gasteiger partial charge in [0.1, 0.15) is 5.75 Å². The molecular formula is C26H28N2O2. The fraction of sp³-hybridized carbons (Fsp3) is 0.192. The number of carbonyl (C=O) groups is 1. The van der Waals surface area contributed by atoms with Crippen LogP contribution in [-0.2, 0) is 13.0 Å². The number of phenolic OH excluding ortho intramolecular Hbond substituents is 1. The number of amides is 1. The van der Waals surface area contributed by atoms with Crippen molar-refractivity contribution in [2.24, 2.45) is 0 Å². The van der Waals surface area contributed by atoms with Crippen LogP contribution in [0.2, 0.25) is 0 Å². The second-order valence-electron chi connectivity index (χ2n) is 7.11. The van der Waals surface area contributed by atoms with Crippen LogP contribution in [0.1, 0.15) is 33.5 Å². The van der Waals surface area contributed by atoms with Gasteiger partial charge in [-0.3, -0.25) is 4.79 Å². The summed E-state index contributed by atoms with van der Waals surface area (Å²) in [5.74, 6) is 0.237. The zero-order chi connectivity index (χ0) is 21.0. The zero-order valence-corrected chi connectivity index (χ0v) is 17.1. The summed E-state index contributed by atoms with van der Waals surface area (Å²) in [6.45, 7) is 2.03. The maximum Gasteiger partial charge on any atom is 0.251 e. The second-order valence-corrected chi connectivity index (χ2v) is 7.11. The van der Waals surface area contributed by atoms with Crippen LogP contribution in [0.25, 0.3) is 6.08 Å². The van der Waals surface area contributed by atoms with Crippen molar-refractivity contribution in [2.75, 3.05) is 13.1 Å². The number of benzene rings is 3. The Labute approximate surface area is 178 Å². The van der Waals surface area contributed by atoms with Gasteiger partial charge in [-0.15, -0.1) is 0 Å². The molecule has 0 aliphatic carbocycles. The molecule has 0 aliphatic rings. The molecule has 0 atom stereocenters. The normalized spacial score (nSPS) is 10.9. The molecule has 0 heterocycles. The molecule has 30 heavy (non-hydrogen) atoms. The molecule has 4 heteroatoms. The molecule has 0 aromatic heterocycles. The van der Waals surface area contributed by atoms with E-state index in [2.05, 4.69) is 34.9 Å². The van der Waals surface area contributed by atoms with Gasteiger partial charge in [-0.05, 0) is 54.3 Å². The number of rotatable bonds is 10. The van der Waals surface area contributed by atoms with E-state index in [1.165, 1.54) is 0 Å². The lowest BCUT2D eigenvalue weighted by molar-refractivity contribution is 0.0953. The minimum absolute atomic E-state index is 0.0426. The highest BCUT2D eigenvalue weighted by molar-refractivity contribution is 5.95. The van der Waals surface area contributed by atoms with Gasteiger partial charge in [-0.2, -0.15) is 0 Å². The molecule has 0 unspecified atom stereocenters. The summed E-state index contributed by atoms with van der Waals surface area (Å²) >= 11 is 0. The maximum atomic E-state index is 12.6. The Morgan fingerprint density at radius 1 is 0.867 bits per heavy atom. The van der Waals surface area contributed by atoms with E-state index in [-0.39, 0.29) is 11.7 Å². The largest absolute Gasteiger partial charge is 0.508 e. The van der Waals surface area contributed by atoms with Crippen molar-refractivity contribution >= 4 is 12.0 Å². The monoisotopic (exact) mass is 400 g/mol. The van der Waals surface area contributed by atoms with Gasteiger partial charge in [0.2, 0.25) is 0 Å². The number of hydrogen-bond acceptors (Lipinski definition) is 3. The number of hydrogen-bond donors (Lipinski definition) is 3. The summed E-state index contributed by atoms with van der Waals surface area (Å²) in [6, 6.07) is 25.1. The van der Waals surface area contributed by atoms with Gasteiger partial charge < -0.3 is 15.7 Å². The molecule has 3 N–H and O–H groups in total. The van der Waals surface area contributed by atoms with Crippen LogP contribution in [0, 0.1) is 0 Å². The van der Waals surface area contributed by atoms with Crippen molar-refractivity contribution in [1.82, 2.24) is 10.6 Å². The molecule has 3 rings (SSSR count). The first-order valence-corrected chi connectivity index (χ1v) is 10.3. The van der Waals surface area contributed by atoms with Crippen molar-refractivity contribution < 1.29 is 9.90 Å². The quantitative estimate of drug-likeness (QED) is 0.437. The number of carbonyl (C=O) groups excluding carboxylic acids is 1. The van der Waals surface area contributed by atoms with Crippen LogP contribution < -0.4 is 10.6 Å². The van der Waals surface area contributed by atoms with E-state index in [0.29, 0.717) is 18.7 Å². The third-order valence-electron chi connectivity index (χ3n) is 4.81. The smallest absolute Gasteiger partial charge is 0.251 e. The molecule has 0 fully saturated rings. The summed E-state index contributed by atoms with van der Waals surface area (Å²) < 4.78 is 0. The molecule has 3 aromatic rings. The van der Waals surface area contributed by atoms with E-state index < -0.39 is 0 Å². The average Bonchev–Trinajstić information content (AvgIpc) is 2.78. The summed E-state index contributed by atoms with van der Waals surface area (Å²) in [4.78, 5) is 12.6. The van der Waals surface area contributed by atoms with E-state index in [1.54, 1.807) is 12.1 Å². The van der Waals surface area contributed by atoms with Crippen LogP contribution in [-0.4, -0.2) is 24.1 Å². The fourth-order valence-electron chi connectivity index (χ4n) is 3.16. The summed E-state index contributed by atoms with van der Waals surface area (Å²) in [5.41, 5.74) is 4.02. The third kappa shape index (κ3) is 6.90. The molecular weight excluding hydrogens is 372 g/mol. The Balaban J connectivity index is 1.43. The molecule has 0 radical (unpaired) electrons. The Morgan fingerprint density at radius 3 is 2.40 bits per heavy atom. The third-order valence-corrected chi connectivity index (χ3v) is 4.81. The Kier molecular flexibility index (Phi) is 8.24. The van der Waals surface area contributed by atoms with E-state index >= 15 is 0 Å². The minimum Gasteiger partial charge on any atom is -0.508 e. The van der Waals surface area contributed by atoms with Crippen LogP contribution >= 0.6 is 0 Å². The van der Waals surface area contributed by atoms with E-state index in [1.807, 2.05) is 54.6 Å². The van der Waals surface area contributed by atoms with Crippen molar-refractivity contribution in [3.05, 3.63) is 107 Å². The van der Waals surface area contributed by atoms with E-state index in [4.69, 9.17) is 0 Å². The minimum atomic E-state index is -0.0426. The summed E-state index contributed by atoms with van der Waals surface area (Å²) in [5, 5.41) is 15.8. The van der Waals surface area contributed by atoms with Crippen molar-refractivity contribution in [2.45, 2.75) is 19.4 Å². The highest BCUT2D eigenvalue weighted by Gasteiger charge is 2.09. The maximum absolute atomic E-state index is 12.6. The molecule has 154 valence electrons. The van der Waals surface area contributed by atoms with Crippen LogP contribution in [0.4, 0.5) is 0 Å². The second kappa shape index (κ2) is 11.6. The first kappa shape index (κ1) is 21.3. The van der Waals surface area contributed by atoms with Gasteiger partial charge in [0.05, 0.1) is 0 Å². The van der Waals surface area contributed by atoms with E-state index in [9.17, 15) is 9.90 Å². The average molecular weight is 401 g/mol. The lowest BCUT2D eigenvalue weighted by Gasteiger charge is -2.11. The molecule has 0 bridgehead atoms. The number of nitrogens with one attached hydrogen (secondary N) is 2. The van der Waals surface area contributed by atoms with Gasteiger partial charge >= 0.3 is 0 Å². The van der Waals surface area contributed by atoms with E-state index in [0.717, 1.165) is 36.1 Å². The van der Waals surface area contributed by atoms with Crippen molar-refractivity contribution in [3.8, 4) is 5.75 Å². The first-order valence-electron chi connectivity index (χ1n) is 10.3. The van der Waals surface area contributed by atoms with Crippen molar-refractivity contribution in [1.29, 1.82) is 0 Å². The van der Waals surface area contributed by atoms with Crippen LogP contribution in [0.15, 0.2) is 84.9 Å². The molecule has 1 amide bonds. The predicted molar refractivity (Wildman–Crippen MR) is 122 cm³/mol. The molecule has 0 aliphatic heterocycles. The van der Waals surface area contributed by atoms with Crippen molar-refractivity contribution in [3.63, 3.8) is 0 Å². The SMILES string of the molecule is O=C(NCC/C=C/c1ccccc1)c1ccccc1CNCCc1ccc(O)cc1. The van der Waals surface area contributed by atoms with Gasteiger partial charge in [-0.1, -0.05) is 72.8 Å².